The Morgan fingerprint density at radius 2 is 1.62 bits per heavy atom. The van der Waals surface area contributed by atoms with Gasteiger partial charge in [-0.2, -0.15) is 0 Å². The number of ether oxygens (including phenoxy) is 1. The Morgan fingerprint density at radius 3 is 2.18 bits per heavy atom. The van der Waals surface area contributed by atoms with Crippen LogP contribution in [0.25, 0.3) is 11.1 Å². The van der Waals surface area contributed by atoms with E-state index in [1.54, 1.807) is 4.90 Å². The summed E-state index contributed by atoms with van der Waals surface area (Å²) < 4.78 is 5.61. The monoisotopic (exact) mass is 466 g/mol. The molecule has 0 saturated carbocycles. The minimum absolute atomic E-state index is 0.0127. The van der Waals surface area contributed by atoms with Crippen LogP contribution < -0.4 is 5.32 Å². The summed E-state index contributed by atoms with van der Waals surface area (Å²) in [6.45, 7) is 5.12. The highest BCUT2D eigenvalue weighted by atomic mass is 16.5. The minimum atomic E-state index is -0.826. The van der Waals surface area contributed by atoms with Crippen LogP contribution in [-0.2, 0) is 14.3 Å². The predicted molar refractivity (Wildman–Crippen MR) is 131 cm³/mol. The van der Waals surface area contributed by atoms with Crippen LogP contribution in [0.5, 0.6) is 0 Å². The van der Waals surface area contributed by atoms with E-state index in [-0.39, 0.29) is 37.3 Å². The number of nitrogens with one attached hydrogen (secondary N) is 1. The normalized spacial score (nSPS) is 13.0. The Hall–Kier alpha value is -3.35. The molecule has 3 rings (SSSR count). The molecule has 0 heterocycles. The fourth-order valence-electron chi connectivity index (χ4n) is 4.48. The maximum atomic E-state index is 12.7. The summed E-state index contributed by atoms with van der Waals surface area (Å²) in [5.74, 6) is -0.891. The summed E-state index contributed by atoms with van der Waals surface area (Å²) in [6, 6.07) is 16.0. The van der Waals surface area contributed by atoms with Crippen LogP contribution in [0.3, 0.4) is 0 Å². The molecule has 0 saturated heterocycles. The Balaban J connectivity index is 1.52. The summed E-state index contributed by atoms with van der Waals surface area (Å²) in [5, 5.41) is 11.6. The number of carbonyl (C=O) groups excluding carboxylic acids is 2. The standard InChI is InChI=1S/C27H34N2O5/c1-3-19(17-25(30)29(4-2)16-10-9-15-26(31)32)28-27(33)34-18-24-22-13-7-5-11-20(22)21-12-6-8-14-23(21)24/h5-8,11-14,19,24H,3-4,9-10,15-18H2,1-2H3,(H,28,33)(H,31,32). The van der Waals surface area contributed by atoms with Crippen molar-refractivity contribution in [3.63, 3.8) is 0 Å². The molecular weight excluding hydrogens is 432 g/mol. The number of nitrogens with zero attached hydrogens (tertiary/aromatic N) is 1. The third-order valence-corrected chi connectivity index (χ3v) is 6.38. The summed E-state index contributed by atoms with van der Waals surface area (Å²) in [4.78, 5) is 37.7. The zero-order valence-electron chi connectivity index (χ0n) is 20.0. The van der Waals surface area contributed by atoms with Gasteiger partial charge >= 0.3 is 12.1 Å². The number of carbonyl (C=O) groups is 3. The molecule has 182 valence electrons. The first-order valence-corrected chi connectivity index (χ1v) is 12.1. The molecular formula is C27H34N2O5. The van der Waals surface area contributed by atoms with Crippen molar-refractivity contribution in [1.82, 2.24) is 10.2 Å². The van der Waals surface area contributed by atoms with E-state index in [0.29, 0.717) is 32.4 Å². The zero-order valence-corrected chi connectivity index (χ0v) is 20.0. The maximum absolute atomic E-state index is 12.7. The summed E-state index contributed by atoms with van der Waals surface area (Å²) in [5.41, 5.74) is 4.65. The molecule has 1 unspecified atom stereocenters. The van der Waals surface area contributed by atoms with Crippen LogP contribution in [0.2, 0.25) is 0 Å². The van der Waals surface area contributed by atoms with Gasteiger partial charge in [0.2, 0.25) is 5.91 Å². The van der Waals surface area contributed by atoms with Gasteiger partial charge in [-0.3, -0.25) is 9.59 Å². The molecule has 7 nitrogen and oxygen atoms in total. The van der Waals surface area contributed by atoms with E-state index in [9.17, 15) is 14.4 Å². The van der Waals surface area contributed by atoms with Gasteiger partial charge in [-0.15, -0.1) is 0 Å². The fraction of sp³-hybridized carbons (Fsp3) is 0.444. The number of hydrogen-bond donors (Lipinski definition) is 2. The third kappa shape index (κ3) is 6.37. The second kappa shape index (κ2) is 12.2. The summed E-state index contributed by atoms with van der Waals surface area (Å²) >= 11 is 0. The van der Waals surface area contributed by atoms with E-state index in [4.69, 9.17) is 9.84 Å². The van der Waals surface area contributed by atoms with Crippen LogP contribution in [0.4, 0.5) is 4.79 Å². The van der Waals surface area contributed by atoms with Crippen molar-refractivity contribution in [3.05, 3.63) is 59.7 Å². The topological polar surface area (TPSA) is 95.9 Å². The highest BCUT2D eigenvalue weighted by Crippen LogP contribution is 2.44. The molecule has 1 aliphatic carbocycles. The summed E-state index contributed by atoms with van der Waals surface area (Å²) in [7, 11) is 0. The number of hydrogen-bond acceptors (Lipinski definition) is 4. The Bertz CT molecular complexity index is 961. The lowest BCUT2D eigenvalue weighted by molar-refractivity contribution is -0.137. The average Bonchev–Trinajstić information content (AvgIpc) is 3.15. The molecule has 1 aliphatic rings. The van der Waals surface area contributed by atoms with Crippen LogP contribution in [0.1, 0.15) is 63.0 Å². The number of unbranched alkanes of at least 4 members (excludes halogenated alkanes) is 1. The maximum Gasteiger partial charge on any atom is 0.407 e. The molecule has 0 spiro atoms. The first kappa shape index (κ1) is 25.3. The molecule has 0 fully saturated rings. The Labute approximate surface area is 201 Å². The van der Waals surface area contributed by atoms with E-state index in [1.807, 2.05) is 38.1 Å². The number of alkyl carbamates (subject to hydrolysis) is 1. The van der Waals surface area contributed by atoms with Gasteiger partial charge in [-0.25, -0.2) is 4.79 Å². The van der Waals surface area contributed by atoms with E-state index in [1.165, 1.54) is 11.1 Å². The molecule has 2 aromatic rings. The van der Waals surface area contributed by atoms with Crippen molar-refractivity contribution in [2.45, 2.75) is 57.9 Å². The molecule has 7 heteroatoms. The first-order valence-electron chi connectivity index (χ1n) is 12.1. The van der Waals surface area contributed by atoms with Gasteiger partial charge < -0.3 is 20.1 Å². The predicted octanol–water partition coefficient (Wildman–Crippen LogP) is 4.80. The number of benzene rings is 2. The molecule has 2 amide bonds. The molecule has 2 N–H and O–H groups in total. The number of carboxylic acid groups (broad SMARTS) is 1. The van der Waals surface area contributed by atoms with Crippen LogP contribution in [-0.4, -0.2) is 53.7 Å². The van der Waals surface area contributed by atoms with Gasteiger partial charge in [-0.1, -0.05) is 55.5 Å². The van der Waals surface area contributed by atoms with Gasteiger partial charge in [0.15, 0.2) is 0 Å². The highest BCUT2D eigenvalue weighted by Gasteiger charge is 2.29. The van der Waals surface area contributed by atoms with Crippen molar-refractivity contribution in [2.75, 3.05) is 19.7 Å². The van der Waals surface area contributed by atoms with Gasteiger partial charge in [0.1, 0.15) is 6.61 Å². The molecule has 0 bridgehead atoms. The molecule has 2 aromatic carbocycles. The van der Waals surface area contributed by atoms with Gasteiger partial charge in [-0.05, 0) is 48.4 Å². The van der Waals surface area contributed by atoms with E-state index >= 15 is 0 Å². The Kier molecular flexibility index (Phi) is 9.08. The lowest BCUT2D eigenvalue weighted by Crippen LogP contribution is -2.41. The van der Waals surface area contributed by atoms with E-state index in [2.05, 4.69) is 29.6 Å². The zero-order chi connectivity index (χ0) is 24.5. The summed E-state index contributed by atoms with van der Waals surface area (Å²) in [6.07, 6.45) is 1.55. The number of rotatable bonds is 12. The molecule has 0 radical (unpaired) electrons. The van der Waals surface area contributed by atoms with Crippen molar-refractivity contribution < 1.29 is 24.2 Å². The smallest absolute Gasteiger partial charge is 0.407 e. The van der Waals surface area contributed by atoms with Gasteiger partial charge in [0.05, 0.1) is 0 Å². The minimum Gasteiger partial charge on any atom is -0.481 e. The number of fused-ring (bicyclic) bond motifs is 3. The quantitative estimate of drug-likeness (QED) is 0.438. The van der Waals surface area contributed by atoms with Crippen LogP contribution >= 0.6 is 0 Å². The van der Waals surface area contributed by atoms with Crippen molar-refractivity contribution in [1.29, 1.82) is 0 Å². The fourth-order valence-corrected chi connectivity index (χ4v) is 4.48. The molecule has 1 atom stereocenters. The van der Waals surface area contributed by atoms with E-state index < -0.39 is 12.1 Å². The van der Waals surface area contributed by atoms with Crippen LogP contribution in [0.15, 0.2) is 48.5 Å². The molecule has 0 aromatic heterocycles. The average molecular weight is 467 g/mol. The van der Waals surface area contributed by atoms with Crippen molar-refractivity contribution >= 4 is 18.0 Å². The van der Waals surface area contributed by atoms with Gasteiger partial charge in [0, 0.05) is 37.9 Å². The highest BCUT2D eigenvalue weighted by molar-refractivity contribution is 5.79. The SMILES string of the molecule is CCC(CC(=O)N(CC)CCCCC(=O)O)NC(=O)OCC1c2ccccc2-c2ccccc21. The molecule has 34 heavy (non-hydrogen) atoms. The van der Waals surface area contributed by atoms with Crippen molar-refractivity contribution in [2.24, 2.45) is 0 Å². The number of aliphatic carboxylic acids is 1. The lowest BCUT2D eigenvalue weighted by Gasteiger charge is -2.24. The second-order valence-electron chi connectivity index (χ2n) is 8.60. The van der Waals surface area contributed by atoms with Crippen molar-refractivity contribution in [3.8, 4) is 11.1 Å². The largest absolute Gasteiger partial charge is 0.481 e. The first-order chi connectivity index (χ1) is 16.4. The van der Waals surface area contributed by atoms with Crippen LogP contribution in [0, 0.1) is 0 Å². The number of carboxylic acids is 1. The van der Waals surface area contributed by atoms with E-state index in [0.717, 1.165) is 11.1 Å². The Morgan fingerprint density at radius 1 is 1.00 bits per heavy atom. The number of amides is 2. The van der Waals surface area contributed by atoms with Gasteiger partial charge in [0.25, 0.3) is 0 Å². The second-order valence-corrected chi connectivity index (χ2v) is 8.60. The molecule has 0 aliphatic heterocycles. The lowest BCUT2D eigenvalue weighted by atomic mass is 9.98. The third-order valence-electron chi connectivity index (χ3n) is 6.38.